The molecule has 47 heavy (non-hydrogen) atoms. The largest absolute Gasteiger partial charge is 0.493 e. The monoisotopic (exact) mass is 673 g/mol. The highest BCUT2D eigenvalue weighted by molar-refractivity contribution is 7.13. The van der Waals surface area contributed by atoms with Crippen molar-refractivity contribution in [2.75, 3.05) is 19.7 Å². The normalized spacial score (nSPS) is 17.5. The zero-order valence-corrected chi connectivity index (χ0v) is 28.7. The summed E-state index contributed by atoms with van der Waals surface area (Å²) >= 11 is 1.51. The van der Waals surface area contributed by atoms with Crippen LogP contribution in [0.5, 0.6) is 5.75 Å². The Hall–Kier alpha value is -4.04. The Bertz CT molecular complexity index is 1440. The van der Waals surface area contributed by atoms with Crippen molar-refractivity contribution in [3.8, 4) is 16.2 Å². The minimum atomic E-state index is -1.17. The van der Waals surface area contributed by atoms with Crippen LogP contribution in [0.4, 0.5) is 0 Å². The lowest BCUT2D eigenvalue weighted by molar-refractivity contribution is -0.144. The molecule has 0 saturated carbocycles. The summed E-state index contributed by atoms with van der Waals surface area (Å²) in [5.74, 6) is -2.32. The maximum absolute atomic E-state index is 13.6. The molecule has 1 aromatic heterocycles. The lowest BCUT2D eigenvalue weighted by Gasteiger charge is -2.35. The molecular weight excluding hydrogens is 626 g/mol. The Morgan fingerprint density at radius 1 is 1.13 bits per heavy atom. The van der Waals surface area contributed by atoms with E-state index in [1.807, 2.05) is 52.8 Å². The van der Waals surface area contributed by atoms with E-state index in [4.69, 9.17) is 9.84 Å². The van der Waals surface area contributed by atoms with Gasteiger partial charge in [-0.25, -0.2) is 4.98 Å². The van der Waals surface area contributed by atoms with E-state index in [1.165, 1.54) is 23.2 Å². The van der Waals surface area contributed by atoms with E-state index in [-0.39, 0.29) is 18.9 Å². The van der Waals surface area contributed by atoms with E-state index in [1.54, 1.807) is 5.51 Å². The molecule has 258 valence electrons. The SMILES string of the molecule is CC(=O)N[C@H](C(=O)N1C[C@H](O)C[C@H]1C(=O)N[C@@H](C)c1ccc(-c2scnc2C)cc1OCCCCCNC(=O)CC(=O)O)C(C)(C)C. The minimum absolute atomic E-state index is 0.0159. The molecule has 14 heteroatoms. The van der Waals surface area contributed by atoms with Gasteiger partial charge in [-0.1, -0.05) is 32.9 Å². The van der Waals surface area contributed by atoms with Gasteiger partial charge in [-0.05, 0) is 50.2 Å². The van der Waals surface area contributed by atoms with Gasteiger partial charge in [0.1, 0.15) is 24.3 Å². The molecule has 3 rings (SSSR count). The summed E-state index contributed by atoms with van der Waals surface area (Å²) in [6.45, 7) is 11.3. The molecule has 1 aromatic carbocycles. The van der Waals surface area contributed by atoms with Crippen LogP contribution in [0.3, 0.4) is 0 Å². The first-order chi connectivity index (χ1) is 22.1. The second-order valence-corrected chi connectivity index (χ2v) is 13.8. The number of thiazole rings is 1. The van der Waals surface area contributed by atoms with Crippen molar-refractivity contribution >= 4 is 40.9 Å². The number of likely N-dealkylation sites (tertiary alicyclic amines) is 1. The smallest absolute Gasteiger partial charge is 0.312 e. The summed E-state index contributed by atoms with van der Waals surface area (Å²) in [5, 5.41) is 27.5. The van der Waals surface area contributed by atoms with Crippen LogP contribution in [0, 0.1) is 12.3 Å². The predicted octanol–water partition coefficient (Wildman–Crippen LogP) is 2.95. The maximum atomic E-state index is 13.6. The average molecular weight is 674 g/mol. The Morgan fingerprint density at radius 2 is 1.85 bits per heavy atom. The number of carbonyl (C=O) groups excluding carboxylic acids is 4. The van der Waals surface area contributed by atoms with Gasteiger partial charge in [-0.2, -0.15) is 0 Å². The van der Waals surface area contributed by atoms with Crippen molar-refractivity contribution in [2.45, 2.75) is 97.9 Å². The zero-order chi connectivity index (χ0) is 34.9. The highest BCUT2D eigenvalue weighted by Gasteiger charge is 2.44. The summed E-state index contributed by atoms with van der Waals surface area (Å²) in [6.07, 6.45) is 0.720. The number of aliphatic hydroxyl groups is 1. The summed E-state index contributed by atoms with van der Waals surface area (Å²) in [7, 11) is 0. The number of aryl methyl sites for hydroxylation is 1. The second kappa shape index (κ2) is 16.7. The van der Waals surface area contributed by atoms with Gasteiger partial charge in [0.05, 0.1) is 34.8 Å². The zero-order valence-electron chi connectivity index (χ0n) is 27.9. The summed E-state index contributed by atoms with van der Waals surface area (Å²) in [4.78, 5) is 68.0. The lowest BCUT2D eigenvalue weighted by atomic mass is 9.85. The highest BCUT2D eigenvalue weighted by atomic mass is 32.1. The van der Waals surface area contributed by atoms with E-state index >= 15 is 0 Å². The molecule has 1 saturated heterocycles. The first-order valence-electron chi connectivity index (χ1n) is 15.8. The van der Waals surface area contributed by atoms with E-state index in [2.05, 4.69) is 20.9 Å². The Morgan fingerprint density at radius 3 is 2.47 bits per heavy atom. The van der Waals surface area contributed by atoms with Gasteiger partial charge in [0.25, 0.3) is 0 Å². The molecule has 1 fully saturated rings. The van der Waals surface area contributed by atoms with E-state index in [0.717, 1.165) is 28.1 Å². The number of aromatic nitrogens is 1. The number of β-amino-alcohol motifs (C(OH)–C–C–N with tert-alkyl or cyclic N) is 1. The van der Waals surface area contributed by atoms with Gasteiger partial charge in [0, 0.05) is 32.0 Å². The number of rotatable bonds is 15. The molecule has 2 aromatic rings. The summed E-state index contributed by atoms with van der Waals surface area (Å²) in [5.41, 5.74) is 3.69. The van der Waals surface area contributed by atoms with E-state index in [0.29, 0.717) is 31.7 Å². The van der Waals surface area contributed by atoms with Crippen molar-refractivity contribution in [1.82, 2.24) is 25.8 Å². The van der Waals surface area contributed by atoms with Crippen LogP contribution in [0.25, 0.3) is 10.4 Å². The van der Waals surface area contributed by atoms with Crippen LogP contribution in [-0.4, -0.2) is 87.6 Å². The van der Waals surface area contributed by atoms with Crippen LogP contribution in [0.2, 0.25) is 0 Å². The number of amides is 4. The Kier molecular flexibility index (Phi) is 13.3. The maximum Gasteiger partial charge on any atom is 0.312 e. The topological polar surface area (TPSA) is 187 Å². The van der Waals surface area contributed by atoms with Crippen molar-refractivity contribution in [3.63, 3.8) is 0 Å². The van der Waals surface area contributed by atoms with Gasteiger partial charge in [0.15, 0.2) is 0 Å². The van der Waals surface area contributed by atoms with Gasteiger partial charge in [0.2, 0.25) is 23.6 Å². The standard InChI is InChI=1S/C33H47N5O8S/c1-19(36-31(44)25-15-23(40)17-38(25)32(45)30(33(4,5)6)37-21(3)39)24-11-10-22(29-20(2)35-18-47-29)14-26(24)46-13-9-7-8-12-34-27(41)16-28(42)43/h10-11,14,18-19,23,25,30,40H,7-9,12-13,15-17H2,1-6H3,(H,34,41)(H,36,44)(H,37,39)(H,42,43)/t19-,23+,25-,30+/m0/s1. The Balaban J connectivity index is 1.72. The van der Waals surface area contributed by atoms with Crippen LogP contribution in [0.1, 0.15) is 84.0 Å². The predicted molar refractivity (Wildman–Crippen MR) is 177 cm³/mol. The number of unbranched alkanes of at least 4 members (excludes halogenated alkanes) is 2. The highest BCUT2D eigenvalue weighted by Crippen LogP contribution is 2.35. The number of hydrogen-bond acceptors (Lipinski definition) is 9. The quantitative estimate of drug-likeness (QED) is 0.140. The molecule has 0 aliphatic carbocycles. The van der Waals surface area contributed by atoms with Crippen molar-refractivity contribution < 1.29 is 38.9 Å². The number of carboxylic acid groups (broad SMARTS) is 1. The molecule has 1 aliphatic heterocycles. The van der Waals surface area contributed by atoms with Crippen LogP contribution >= 0.6 is 11.3 Å². The number of aliphatic carboxylic acids is 1. The molecule has 1 aliphatic rings. The first kappa shape index (κ1) is 37.4. The van der Waals surface area contributed by atoms with E-state index < -0.39 is 59.8 Å². The number of hydrogen-bond donors (Lipinski definition) is 5. The molecule has 2 heterocycles. The number of carboxylic acids is 1. The number of aliphatic hydroxyl groups excluding tert-OH is 1. The molecule has 0 unspecified atom stereocenters. The fourth-order valence-corrected chi connectivity index (χ4v) is 6.26. The van der Waals surface area contributed by atoms with Gasteiger partial charge in [-0.15, -0.1) is 11.3 Å². The first-order valence-corrected chi connectivity index (χ1v) is 16.7. The van der Waals surface area contributed by atoms with Crippen molar-refractivity contribution in [2.24, 2.45) is 5.41 Å². The number of ether oxygens (including phenoxy) is 1. The summed E-state index contributed by atoms with van der Waals surface area (Å²) in [6, 6.07) is 3.45. The molecule has 13 nitrogen and oxygen atoms in total. The van der Waals surface area contributed by atoms with Gasteiger partial charge >= 0.3 is 5.97 Å². The van der Waals surface area contributed by atoms with Gasteiger partial charge < -0.3 is 35.8 Å². The fourth-order valence-electron chi connectivity index (χ4n) is 5.46. The molecule has 4 amide bonds. The van der Waals surface area contributed by atoms with Crippen LogP contribution in [-0.2, 0) is 24.0 Å². The van der Waals surface area contributed by atoms with Crippen molar-refractivity contribution in [1.29, 1.82) is 0 Å². The van der Waals surface area contributed by atoms with Crippen LogP contribution in [0.15, 0.2) is 23.7 Å². The van der Waals surface area contributed by atoms with Crippen LogP contribution < -0.4 is 20.7 Å². The summed E-state index contributed by atoms with van der Waals surface area (Å²) < 4.78 is 6.23. The minimum Gasteiger partial charge on any atom is -0.493 e. The van der Waals surface area contributed by atoms with Crippen molar-refractivity contribution in [3.05, 3.63) is 35.0 Å². The third kappa shape index (κ3) is 10.7. The molecule has 4 atom stereocenters. The van der Waals surface area contributed by atoms with E-state index in [9.17, 15) is 29.1 Å². The third-order valence-corrected chi connectivity index (χ3v) is 8.86. The molecule has 0 spiro atoms. The lowest BCUT2D eigenvalue weighted by Crippen LogP contribution is -2.57. The second-order valence-electron chi connectivity index (χ2n) is 13.0. The number of carbonyl (C=O) groups is 5. The number of benzene rings is 1. The number of nitrogens with one attached hydrogen (secondary N) is 3. The molecular formula is C33H47N5O8S. The fraction of sp³-hybridized carbons (Fsp3) is 0.576. The van der Waals surface area contributed by atoms with Gasteiger partial charge in [-0.3, -0.25) is 24.0 Å². The third-order valence-electron chi connectivity index (χ3n) is 7.88. The number of nitrogens with zero attached hydrogens (tertiary/aromatic N) is 2. The molecule has 0 radical (unpaired) electrons. The Labute approximate surface area is 279 Å². The average Bonchev–Trinajstić information content (AvgIpc) is 3.59. The molecule has 0 bridgehead atoms. The molecule has 5 N–H and O–H groups in total.